The minimum absolute atomic E-state index is 0.160. The summed E-state index contributed by atoms with van der Waals surface area (Å²) in [5.74, 6) is 0.0343. The molecule has 1 N–H and O–H groups in total. The summed E-state index contributed by atoms with van der Waals surface area (Å²) >= 11 is 0. The number of rotatable bonds is 4. The molecule has 9 heteroatoms. The number of carbonyl (C=O) groups is 1. The molecular formula is C11H11N5O3S. The van der Waals surface area contributed by atoms with E-state index >= 15 is 0 Å². The average molecular weight is 293 g/mol. The van der Waals surface area contributed by atoms with E-state index in [4.69, 9.17) is 0 Å². The Hall–Kier alpha value is -2.42. The van der Waals surface area contributed by atoms with E-state index in [-0.39, 0.29) is 17.3 Å². The number of aromatic nitrogens is 4. The van der Waals surface area contributed by atoms with Crippen LogP contribution in [0.4, 0.5) is 0 Å². The minimum atomic E-state index is -3.47. The van der Waals surface area contributed by atoms with E-state index in [1.807, 2.05) is 0 Å². The summed E-state index contributed by atoms with van der Waals surface area (Å²) < 4.78 is 22.4. The highest BCUT2D eigenvalue weighted by atomic mass is 32.2. The molecule has 2 aromatic rings. The highest BCUT2D eigenvalue weighted by Gasteiger charge is 2.13. The number of carbonyl (C=O) groups excluding carboxylic acids is 1. The summed E-state index contributed by atoms with van der Waals surface area (Å²) in [5, 5.41) is 2.26. The fraction of sp³-hybridized carbons (Fsp3) is 0.182. The van der Waals surface area contributed by atoms with Gasteiger partial charge in [-0.05, 0) is 6.07 Å². The molecule has 20 heavy (non-hydrogen) atoms. The van der Waals surface area contributed by atoms with Gasteiger partial charge in [-0.15, -0.1) is 0 Å². The number of amides is 1. The molecular weight excluding hydrogens is 282 g/mol. The first-order valence-corrected chi connectivity index (χ1v) is 7.42. The Morgan fingerprint density at radius 3 is 2.30 bits per heavy atom. The van der Waals surface area contributed by atoms with Gasteiger partial charge in [0.25, 0.3) is 5.91 Å². The quantitative estimate of drug-likeness (QED) is 0.762. The molecule has 8 nitrogen and oxygen atoms in total. The molecule has 0 aliphatic heterocycles. The van der Waals surface area contributed by atoms with E-state index in [0.717, 1.165) is 18.6 Å². The summed E-state index contributed by atoms with van der Waals surface area (Å²) in [7, 11) is -3.47. The molecule has 0 aliphatic carbocycles. The fourth-order valence-electron chi connectivity index (χ4n) is 1.31. The first kappa shape index (κ1) is 14.0. The molecule has 1 amide bonds. The van der Waals surface area contributed by atoms with Crippen molar-refractivity contribution in [3.8, 4) is 0 Å². The van der Waals surface area contributed by atoms with E-state index in [1.165, 1.54) is 0 Å². The lowest BCUT2D eigenvalue weighted by Crippen LogP contribution is -2.24. The monoisotopic (exact) mass is 293 g/mol. The van der Waals surface area contributed by atoms with Gasteiger partial charge in [-0.25, -0.2) is 28.4 Å². The van der Waals surface area contributed by atoms with Crippen molar-refractivity contribution in [2.24, 2.45) is 0 Å². The van der Waals surface area contributed by atoms with Crippen LogP contribution in [-0.4, -0.2) is 40.5 Å². The van der Waals surface area contributed by atoms with Crippen molar-refractivity contribution in [1.82, 2.24) is 25.3 Å². The third-order valence-electron chi connectivity index (χ3n) is 2.25. The van der Waals surface area contributed by atoms with Crippen molar-refractivity contribution in [3.05, 3.63) is 42.2 Å². The summed E-state index contributed by atoms with van der Waals surface area (Å²) in [6, 6.07) is 1.67. The van der Waals surface area contributed by atoms with Gasteiger partial charge in [0.15, 0.2) is 0 Å². The highest BCUT2D eigenvalue weighted by Crippen LogP contribution is 2.02. The maximum absolute atomic E-state index is 11.8. The molecule has 0 bridgehead atoms. The van der Waals surface area contributed by atoms with Gasteiger partial charge in [0, 0.05) is 31.0 Å². The van der Waals surface area contributed by atoms with Crippen LogP contribution >= 0.6 is 0 Å². The van der Waals surface area contributed by atoms with Crippen LogP contribution < -0.4 is 5.32 Å². The van der Waals surface area contributed by atoms with Crippen molar-refractivity contribution >= 4 is 15.7 Å². The topological polar surface area (TPSA) is 115 Å². The van der Waals surface area contributed by atoms with Crippen molar-refractivity contribution in [2.75, 3.05) is 6.26 Å². The third kappa shape index (κ3) is 3.54. The summed E-state index contributed by atoms with van der Waals surface area (Å²) in [6.45, 7) is 0.160. The van der Waals surface area contributed by atoms with E-state index in [2.05, 4.69) is 25.3 Å². The molecule has 0 saturated heterocycles. The van der Waals surface area contributed by atoms with Crippen LogP contribution in [0.15, 0.2) is 36.0 Å². The van der Waals surface area contributed by atoms with E-state index in [9.17, 15) is 13.2 Å². The Balaban J connectivity index is 2.03. The number of nitrogens with zero attached hydrogens (tertiary/aromatic N) is 4. The van der Waals surface area contributed by atoms with Crippen LogP contribution in [0.2, 0.25) is 0 Å². The normalized spacial score (nSPS) is 11.1. The van der Waals surface area contributed by atoms with Crippen molar-refractivity contribution in [3.63, 3.8) is 0 Å². The smallest absolute Gasteiger partial charge is 0.254 e. The van der Waals surface area contributed by atoms with Crippen LogP contribution in [0.1, 0.15) is 16.2 Å². The fourth-order valence-corrected chi connectivity index (χ4v) is 1.80. The molecule has 0 radical (unpaired) electrons. The maximum Gasteiger partial charge on any atom is 0.254 e. The lowest BCUT2D eigenvalue weighted by atomic mass is 10.3. The molecule has 2 heterocycles. The molecule has 0 unspecified atom stereocenters. The third-order valence-corrected chi connectivity index (χ3v) is 3.12. The van der Waals surface area contributed by atoms with Gasteiger partial charge in [0.2, 0.25) is 15.0 Å². The summed E-state index contributed by atoms with van der Waals surface area (Å²) in [5.41, 5.74) is 0.160. The number of hydrogen-bond acceptors (Lipinski definition) is 7. The number of hydrogen-bond donors (Lipinski definition) is 1. The van der Waals surface area contributed by atoms with Crippen LogP contribution in [0.3, 0.4) is 0 Å². The molecule has 0 aromatic carbocycles. The van der Waals surface area contributed by atoms with Crippen molar-refractivity contribution in [2.45, 2.75) is 11.7 Å². The maximum atomic E-state index is 11.8. The van der Waals surface area contributed by atoms with Gasteiger partial charge in [0.05, 0.1) is 12.1 Å². The average Bonchev–Trinajstić information content (AvgIpc) is 2.45. The Morgan fingerprint density at radius 1 is 1.15 bits per heavy atom. The molecule has 0 saturated carbocycles. The molecule has 0 atom stereocenters. The van der Waals surface area contributed by atoms with Crippen LogP contribution in [0, 0.1) is 0 Å². The van der Waals surface area contributed by atoms with E-state index < -0.39 is 15.7 Å². The van der Waals surface area contributed by atoms with E-state index in [0.29, 0.717) is 5.82 Å². The highest BCUT2D eigenvalue weighted by molar-refractivity contribution is 7.90. The Kier molecular flexibility index (Phi) is 3.99. The van der Waals surface area contributed by atoms with Gasteiger partial charge in [-0.3, -0.25) is 4.79 Å². The lowest BCUT2D eigenvalue weighted by Gasteiger charge is -2.04. The second-order valence-corrected chi connectivity index (χ2v) is 5.78. The van der Waals surface area contributed by atoms with E-state index in [1.54, 1.807) is 18.5 Å². The molecule has 104 valence electrons. The zero-order valence-electron chi connectivity index (χ0n) is 10.5. The second-order valence-electron chi connectivity index (χ2n) is 3.87. The van der Waals surface area contributed by atoms with Gasteiger partial charge < -0.3 is 5.32 Å². The molecule has 0 aliphatic rings. The molecule has 0 fully saturated rings. The SMILES string of the molecule is CS(=O)(=O)c1ncc(C(=O)NCc2ncccn2)cn1. The summed E-state index contributed by atoms with van der Waals surface area (Å²) in [4.78, 5) is 27.0. The summed E-state index contributed by atoms with van der Waals surface area (Å²) in [6.07, 6.45) is 6.45. The number of sulfone groups is 1. The Labute approximate surface area is 115 Å². The zero-order chi connectivity index (χ0) is 14.6. The Morgan fingerprint density at radius 2 is 1.75 bits per heavy atom. The van der Waals surface area contributed by atoms with Crippen LogP contribution in [0.5, 0.6) is 0 Å². The van der Waals surface area contributed by atoms with Gasteiger partial charge in [-0.2, -0.15) is 0 Å². The predicted octanol–water partition coefficient (Wildman–Crippen LogP) is -0.400. The largest absolute Gasteiger partial charge is 0.345 e. The van der Waals surface area contributed by atoms with Gasteiger partial charge >= 0.3 is 0 Å². The van der Waals surface area contributed by atoms with Gasteiger partial charge in [-0.1, -0.05) is 0 Å². The zero-order valence-corrected chi connectivity index (χ0v) is 11.3. The van der Waals surface area contributed by atoms with Crippen LogP contribution in [-0.2, 0) is 16.4 Å². The number of nitrogens with one attached hydrogen (secondary N) is 1. The molecule has 2 aromatic heterocycles. The van der Waals surface area contributed by atoms with Crippen molar-refractivity contribution in [1.29, 1.82) is 0 Å². The minimum Gasteiger partial charge on any atom is -0.345 e. The lowest BCUT2D eigenvalue weighted by molar-refractivity contribution is 0.0949. The van der Waals surface area contributed by atoms with Crippen LogP contribution in [0.25, 0.3) is 0 Å². The first-order chi connectivity index (χ1) is 9.47. The van der Waals surface area contributed by atoms with Crippen molar-refractivity contribution < 1.29 is 13.2 Å². The Bertz CT molecular complexity index is 701. The second kappa shape index (κ2) is 5.70. The first-order valence-electron chi connectivity index (χ1n) is 5.53. The van der Waals surface area contributed by atoms with Gasteiger partial charge in [0.1, 0.15) is 5.82 Å². The molecule has 2 rings (SSSR count). The predicted molar refractivity (Wildman–Crippen MR) is 68.3 cm³/mol. The standard InChI is InChI=1S/C11H11N5O3S/c1-20(18,19)11-15-5-8(6-16-11)10(17)14-7-9-12-3-2-4-13-9/h2-6H,7H2,1H3,(H,14,17). The molecule has 0 spiro atoms.